The molecule has 32 heavy (non-hydrogen) atoms. The van der Waals surface area contributed by atoms with Gasteiger partial charge in [0, 0.05) is 27.1 Å². The number of anilines is 1. The molecule has 0 saturated carbocycles. The molecule has 2 aromatic heterocycles. The Morgan fingerprint density at radius 2 is 1.97 bits per heavy atom. The summed E-state index contributed by atoms with van der Waals surface area (Å²) in [4.78, 5) is 22.8. The van der Waals surface area contributed by atoms with Crippen LogP contribution in [0.25, 0.3) is 21.5 Å². The Bertz CT molecular complexity index is 1300. The summed E-state index contributed by atoms with van der Waals surface area (Å²) in [6.07, 6.45) is 2.91. The highest BCUT2D eigenvalue weighted by Crippen LogP contribution is 2.40. The summed E-state index contributed by atoms with van der Waals surface area (Å²) >= 11 is 1.54. The molecule has 5 rings (SSSR count). The fraction of sp³-hybridized carbons (Fsp3) is 0.240. The van der Waals surface area contributed by atoms with E-state index in [4.69, 9.17) is 20.4 Å². The number of fused-ring (bicyclic) bond motifs is 2. The van der Waals surface area contributed by atoms with Gasteiger partial charge in [0.2, 0.25) is 11.8 Å². The Labute approximate surface area is 190 Å². The third kappa shape index (κ3) is 3.80. The van der Waals surface area contributed by atoms with Gasteiger partial charge in [-0.15, -0.1) is 11.3 Å². The van der Waals surface area contributed by atoms with Crippen LogP contribution in [0.1, 0.15) is 39.2 Å². The van der Waals surface area contributed by atoms with Crippen LogP contribution >= 0.6 is 11.3 Å². The predicted octanol–water partition coefficient (Wildman–Crippen LogP) is 5.09. The normalized spacial score (nSPS) is 13.3. The number of nitrogens with one attached hydrogen (secondary N) is 1. The molecule has 2 aromatic carbocycles. The molecule has 4 aromatic rings. The Kier molecular flexibility index (Phi) is 5.49. The highest BCUT2D eigenvalue weighted by molar-refractivity contribution is 7.20. The number of amides is 1. The molecule has 0 aliphatic carbocycles. The molecule has 3 N–H and O–H groups in total. The van der Waals surface area contributed by atoms with Gasteiger partial charge in [0.15, 0.2) is 5.82 Å². The number of benzene rings is 2. The number of hydrogen-bond acceptors (Lipinski definition) is 6. The minimum atomic E-state index is -0.431. The van der Waals surface area contributed by atoms with Crippen LogP contribution in [0.4, 0.5) is 5.82 Å². The SMILES string of the molecule is Cc1sc2c(C(N)=O)cccc2c1-c1nc(NCc2ccccc2)c2c(n1)OCCCC2. The zero-order valence-electron chi connectivity index (χ0n) is 17.9. The van der Waals surface area contributed by atoms with Crippen molar-refractivity contribution < 1.29 is 9.53 Å². The van der Waals surface area contributed by atoms with Gasteiger partial charge in [-0.2, -0.15) is 4.98 Å². The standard InChI is InChI=1S/C25H24N4O2S/c1-15-20(17-11-7-12-18(22(26)30)21(17)32-15)24-28-23(27-14-16-8-3-2-4-9-16)19-10-5-6-13-31-25(19)29-24/h2-4,7-9,11-12H,5-6,10,13-14H2,1H3,(H2,26,30)(H,27,28,29). The lowest BCUT2D eigenvalue weighted by molar-refractivity contribution is 0.100. The molecule has 0 saturated heterocycles. The number of ether oxygens (including phenoxy) is 1. The molecule has 0 bridgehead atoms. The number of aryl methyl sites for hydroxylation is 1. The number of thiophene rings is 1. The summed E-state index contributed by atoms with van der Waals surface area (Å²) in [7, 11) is 0. The van der Waals surface area contributed by atoms with E-state index in [1.54, 1.807) is 17.4 Å². The lowest BCUT2D eigenvalue weighted by Crippen LogP contribution is -2.10. The van der Waals surface area contributed by atoms with E-state index in [2.05, 4.69) is 17.4 Å². The third-order valence-corrected chi connectivity index (χ3v) is 6.87. The van der Waals surface area contributed by atoms with Crippen molar-refractivity contribution >= 4 is 33.1 Å². The van der Waals surface area contributed by atoms with E-state index in [1.807, 2.05) is 37.3 Å². The third-order valence-electron chi connectivity index (χ3n) is 5.71. The van der Waals surface area contributed by atoms with Crippen molar-refractivity contribution in [2.24, 2.45) is 5.73 Å². The number of rotatable bonds is 5. The molecule has 1 amide bonds. The minimum absolute atomic E-state index is 0.431. The summed E-state index contributed by atoms with van der Waals surface area (Å²) in [6.45, 7) is 3.34. The molecule has 0 atom stereocenters. The smallest absolute Gasteiger partial charge is 0.250 e. The maximum absolute atomic E-state index is 11.9. The second-order valence-electron chi connectivity index (χ2n) is 7.90. The molecule has 3 heterocycles. The van der Waals surface area contributed by atoms with E-state index in [0.717, 1.165) is 51.2 Å². The molecule has 162 valence electrons. The molecular formula is C25H24N4O2S. The largest absolute Gasteiger partial charge is 0.477 e. The van der Waals surface area contributed by atoms with Crippen LogP contribution in [-0.4, -0.2) is 22.5 Å². The van der Waals surface area contributed by atoms with Gasteiger partial charge in [0.1, 0.15) is 5.82 Å². The Balaban J connectivity index is 1.63. The lowest BCUT2D eigenvalue weighted by atomic mass is 10.1. The summed E-state index contributed by atoms with van der Waals surface area (Å²) in [5, 5.41) is 4.45. The maximum Gasteiger partial charge on any atom is 0.250 e. The van der Waals surface area contributed by atoms with Gasteiger partial charge in [0.05, 0.1) is 17.7 Å². The predicted molar refractivity (Wildman–Crippen MR) is 128 cm³/mol. The first-order valence-corrected chi connectivity index (χ1v) is 11.6. The van der Waals surface area contributed by atoms with Crippen molar-refractivity contribution in [3.05, 3.63) is 70.1 Å². The first-order valence-electron chi connectivity index (χ1n) is 10.8. The fourth-order valence-electron chi connectivity index (χ4n) is 4.13. The van der Waals surface area contributed by atoms with Crippen LogP contribution < -0.4 is 15.8 Å². The number of primary amides is 1. The molecular weight excluding hydrogens is 420 g/mol. The minimum Gasteiger partial charge on any atom is -0.477 e. The van der Waals surface area contributed by atoms with Crippen LogP contribution in [0.2, 0.25) is 0 Å². The highest BCUT2D eigenvalue weighted by atomic mass is 32.1. The van der Waals surface area contributed by atoms with Gasteiger partial charge >= 0.3 is 0 Å². The number of nitrogens with zero attached hydrogens (tertiary/aromatic N) is 2. The lowest BCUT2D eigenvalue weighted by Gasteiger charge is -2.15. The molecule has 0 unspecified atom stereocenters. The molecule has 1 aliphatic heterocycles. The van der Waals surface area contributed by atoms with Gasteiger partial charge in [-0.3, -0.25) is 4.79 Å². The summed E-state index contributed by atoms with van der Waals surface area (Å²) < 4.78 is 6.90. The van der Waals surface area contributed by atoms with E-state index in [1.165, 1.54) is 5.56 Å². The van der Waals surface area contributed by atoms with Crippen molar-refractivity contribution in [2.75, 3.05) is 11.9 Å². The second-order valence-corrected chi connectivity index (χ2v) is 9.13. The molecule has 0 spiro atoms. The molecule has 1 aliphatic rings. The molecule has 0 radical (unpaired) electrons. The van der Waals surface area contributed by atoms with Crippen LogP contribution in [0.3, 0.4) is 0 Å². The highest BCUT2D eigenvalue weighted by Gasteiger charge is 2.23. The zero-order chi connectivity index (χ0) is 22.1. The van der Waals surface area contributed by atoms with E-state index < -0.39 is 5.91 Å². The fourth-order valence-corrected chi connectivity index (χ4v) is 5.30. The maximum atomic E-state index is 11.9. The van der Waals surface area contributed by atoms with Gasteiger partial charge in [-0.1, -0.05) is 42.5 Å². The van der Waals surface area contributed by atoms with Gasteiger partial charge < -0.3 is 15.8 Å². The van der Waals surface area contributed by atoms with Crippen LogP contribution in [0, 0.1) is 6.92 Å². The monoisotopic (exact) mass is 444 g/mol. The quantitative estimate of drug-likeness (QED) is 0.447. The first kappa shape index (κ1) is 20.5. The van der Waals surface area contributed by atoms with Crippen molar-refractivity contribution in [3.8, 4) is 17.3 Å². The van der Waals surface area contributed by atoms with E-state index in [9.17, 15) is 4.79 Å². The van der Waals surface area contributed by atoms with Gasteiger partial charge in [-0.25, -0.2) is 4.98 Å². The van der Waals surface area contributed by atoms with Crippen LogP contribution in [0.15, 0.2) is 48.5 Å². The Morgan fingerprint density at radius 3 is 2.78 bits per heavy atom. The topological polar surface area (TPSA) is 90.1 Å². The number of aromatic nitrogens is 2. The Hall–Kier alpha value is -3.45. The molecule has 7 heteroatoms. The zero-order valence-corrected chi connectivity index (χ0v) is 18.7. The van der Waals surface area contributed by atoms with Crippen molar-refractivity contribution in [3.63, 3.8) is 0 Å². The van der Waals surface area contributed by atoms with Gasteiger partial charge in [-0.05, 0) is 37.8 Å². The van der Waals surface area contributed by atoms with Gasteiger partial charge in [0.25, 0.3) is 0 Å². The molecule has 0 fully saturated rings. The van der Waals surface area contributed by atoms with E-state index >= 15 is 0 Å². The van der Waals surface area contributed by atoms with Crippen LogP contribution in [-0.2, 0) is 13.0 Å². The Morgan fingerprint density at radius 1 is 1.12 bits per heavy atom. The number of hydrogen-bond donors (Lipinski definition) is 2. The molecule has 6 nitrogen and oxygen atoms in total. The summed E-state index contributed by atoms with van der Waals surface area (Å²) in [6, 6.07) is 15.9. The number of nitrogens with two attached hydrogens (primary N) is 1. The van der Waals surface area contributed by atoms with E-state index in [0.29, 0.717) is 30.4 Å². The van der Waals surface area contributed by atoms with E-state index in [-0.39, 0.29) is 0 Å². The van der Waals surface area contributed by atoms with Crippen molar-refractivity contribution in [2.45, 2.75) is 32.7 Å². The average molecular weight is 445 g/mol. The number of carbonyl (C=O) groups is 1. The average Bonchev–Trinajstić information content (AvgIpc) is 2.96. The first-order chi connectivity index (χ1) is 15.6. The van der Waals surface area contributed by atoms with Crippen molar-refractivity contribution in [1.29, 1.82) is 0 Å². The van der Waals surface area contributed by atoms with Crippen LogP contribution in [0.5, 0.6) is 5.88 Å². The number of carbonyl (C=O) groups excluding carboxylic acids is 1. The summed E-state index contributed by atoms with van der Waals surface area (Å²) in [5.74, 6) is 1.62. The second kappa shape index (κ2) is 8.59. The summed E-state index contributed by atoms with van der Waals surface area (Å²) in [5.41, 5.74) is 9.26. The van der Waals surface area contributed by atoms with Crippen molar-refractivity contribution in [1.82, 2.24) is 9.97 Å².